The van der Waals surface area contributed by atoms with E-state index in [1.54, 1.807) is 4.90 Å². The zero-order valence-corrected chi connectivity index (χ0v) is 24.6. The molecule has 5 fully saturated rings. The molecule has 5 aliphatic rings. The number of carbonyl (C=O) groups excluding carboxylic acids is 2. The summed E-state index contributed by atoms with van der Waals surface area (Å²) >= 11 is 0. The van der Waals surface area contributed by atoms with Crippen LogP contribution in [-0.2, 0) is 25.2 Å². The Balaban J connectivity index is 1.25. The third-order valence-electron chi connectivity index (χ3n) is 9.79. The van der Waals surface area contributed by atoms with E-state index in [1.807, 2.05) is 51.1 Å². The van der Waals surface area contributed by atoms with Gasteiger partial charge in [-0.2, -0.15) is 0 Å². The number of likely N-dealkylation sites (tertiary alicyclic amines) is 1. The third kappa shape index (κ3) is 5.54. The van der Waals surface area contributed by atoms with Crippen molar-refractivity contribution in [2.45, 2.75) is 103 Å². The molecular weight excluding hydrogens is 495 g/mol. The number of rotatable bonds is 6. The lowest BCUT2D eigenvalue weighted by atomic mass is 9.43. The van der Waals surface area contributed by atoms with Crippen LogP contribution in [0.5, 0.6) is 0 Å². The average molecular weight is 541 g/mol. The second-order valence-electron chi connectivity index (χ2n) is 13.9. The Morgan fingerprint density at radius 1 is 1.18 bits per heavy atom. The quantitative estimate of drug-likeness (QED) is 0.497. The number of nitrogens with one attached hydrogen (secondary N) is 1. The Bertz CT molecular complexity index is 1060. The van der Waals surface area contributed by atoms with Crippen LogP contribution < -0.4 is 5.32 Å². The predicted molar refractivity (Wildman–Crippen MR) is 149 cm³/mol. The minimum Gasteiger partial charge on any atom is -0.447 e. The second-order valence-corrected chi connectivity index (χ2v) is 13.9. The maximum absolute atomic E-state index is 13.2. The van der Waals surface area contributed by atoms with E-state index in [9.17, 15) is 9.59 Å². The highest BCUT2D eigenvalue weighted by molar-refractivity contribution is 6.47. The molecule has 1 N–H and O–H groups in total. The zero-order chi connectivity index (χ0) is 28.2. The number of amides is 2. The Morgan fingerprint density at radius 2 is 1.90 bits per heavy atom. The smallest absolute Gasteiger partial charge is 0.447 e. The fourth-order valence-corrected chi connectivity index (χ4v) is 7.32. The number of benzene rings is 1. The summed E-state index contributed by atoms with van der Waals surface area (Å²) in [5.74, 6) is 0.871. The van der Waals surface area contributed by atoms with E-state index in [1.165, 1.54) is 6.42 Å². The lowest BCUT2D eigenvalue weighted by molar-refractivity contribution is -0.199. The standard InChI is InChI=1S/C30H45BN2O6/c1-19-13-14-33(27(35)37-28(2,3)4)22(19)18-36-26(34)32-25(15-20-11-9-8-10-12-20)31-38-24-17-21-16-23(29(21,5)6)30(24,7)39-31/h8-12,19,21-25H,13-18H2,1-7H3,(H,32,34)/t19-,21+,22-,23+,24-,25+,30+/m1/s1. The van der Waals surface area contributed by atoms with Gasteiger partial charge < -0.3 is 29.0 Å². The fraction of sp³-hybridized carbons (Fsp3) is 0.733. The lowest BCUT2D eigenvalue weighted by Crippen LogP contribution is -2.65. The number of carbonyl (C=O) groups is 2. The van der Waals surface area contributed by atoms with Crippen molar-refractivity contribution in [2.24, 2.45) is 23.2 Å². The average Bonchev–Trinajstić information content (AvgIpc) is 3.41. The first-order valence-corrected chi connectivity index (χ1v) is 14.6. The highest BCUT2D eigenvalue weighted by Crippen LogP contribution is 2.65. The van der Waals surface area contributed by atoms with E-state index in [4.69, 9.17) is 18.8 Å². The summed E-state index contributed by atoms with van der Waals surface area (Å²) in [6.07, 6.45) is 2.68. The molecule has 1 aromatic carbocycles. The molecule has 1 aromatic rings. The van der Waals surface area contributed by atoms with Crippen LogP contribution >= 0.6 is 0 Å². The van der Waals surface area contributed by atoms with Gasteiger partial charge in [-0.25, -0.2) is 9.59 Å². The van der Waals surface area contributed by atoms with Crippen molar-refractivity contribution in [1.29, 1.82) is 0 Å². The minimum atomic E-state index is -0.582. The molecule has 39 heavy (non-hydrogen) atoms. The molecule has 7 atom stereocenters. The van der Waals surface area contributed by atoms with Crippen LogP contribution in [0, 0.1) is 23.2 Å². The third-order valence-corrected chi connectivity index (χ3v) is 9.79. The molecule has 9 heteroatoms. The maximum atomic E-state index is 13.2. The summed E-state index contributed by atoms with van der Waals surface area (Å²) in [5, 5.41) is 3.06. The molecule has 8 nitrogen and oxygen atoms in total. The van der Waals surface area contributed by atoms with E-state index in [-0.39, 0.29) is 41.8 Å². The van der Waals surface area contributed by atoms with Crippen molar-refractivity contribution >= 4 is 19.3 Å². The first-order valence-electron chi connectivity index (χ1n) is 14.6. The van der Waals surface area contributed by atoms with Gasteiger partial charge in [-0.1, -0.05) is 51.1 Å². The summed E-state index contributed by atoms with van der Waals surface area (Å²) < 4.78 is 24.5. The van der Waals surface area contributed by atoms with Gasteiger partial charge in [0.05, 0.1) is 23.7 Å². The maximum Gasteiger partial charge on any atom is 0.482 e. The van der Waals surface area contributed by atoms with Crippen molar-refractivity contribution in [1.82, 2.24) is 10.2 Å². The summed E-state index contributed by atoms with van der Waals surface area (Å²) in [4.78, 5) is 27.6. The molecule has 3 saturated carbocycles. The van der Waals surface area contributed by atoms with Crippen LogP contribution in [0.2, 0.25) is 0 Å². The van der Waals surface area contributed by atoms with Crippen LogP contribution in [0.3, 0.4) is 0 Å². The Labute approximate surface area is 233 Å². The number of alkyl carbamates (subject to hydrolysis) is 1. The van der Waals surface area contributed by atoms with E-state index in [0.29, 0.717) is 24.8 Å². The topological polar surface area (TPSA) is 86.3 Å². The number of hydrogen-bond acceptors (Lipinski definition) is 6. The van der Waals surface area contributed by atoms with Gasteiger partial charge in [0.1, 0.15) is 12.2 Å². The number of nitrogens with zero attached hydrogens (tertiary/aromatic N) is 1. The summed E-state index contributed by atoms with van der Waals surface area (Å²) in [6, 6.07) is 9.82. The normalized spacial score (nSPS) is 33.7. The van der Waals surface area contributed by atoms with Crippen LogP contribution in [0.25, 0.3) is 0 Å². The lowest BCUT2D eigenvalue weighted by Gasteiger charge is -2.64. The summed E-state index contributed by atoms with van der Waals surface area (Å²) in [6.45, 7) is 15.2. The van der Waals surface area contributed by atoms with E-state index in [2.05, 4.69) is 33.0 Å². The van der Waals surface area contributed by atoms with Gasteiger partial charge in [-0.05, 0) is 82.1 Å². The van der Waals surface area contributed by atoms with Crippen molar-refractivity contribution in [2.75, 3.05) is 13.2 Å². The Kier molecular flexibility index (Phi) is 7.46. The van der Waals surface area contributed by atoms with E-state index in [0.717, 1.165) is 18.4 Å². The van der Waals surface area contributed by atoms with Crippen molar-refractivity contribution in [3.8, 4) is 0 Å². The van der Waals surface area contributed by atoms with Crippen LogP contribution in [0.1, 0.15) is 73.3 Å². The van der Waals surface area contributed by atoms with Gasteiger partial charge in [-0.15, -0.1) is 0 Å². The Morgan fingerprint density at radius 3 is 2.56 bits per heavy atom. The first-order chi connectivity index (χ1) is 18.3. The molecule has 0 unspecified atom stereocenters. The Hall–Kier alpha value is -2.26. The number of hydrogen-bond donors (Lipinski definition) is 1. The molecule has 3 aliphatic carbocycles. The molecule has 2 aliphatic heterocycles. The first kappa shape index (κ1) is 28.3. The van der Waals surface area contributed by atoms with Gasteiger partial charge in [-0.3, -0.25) is 0 Å². The van der Waals surface area contributed by atoms with Crippen molar-refractivity contribution < 1.29 is 28.4 Å². The molecule has 0 aromatic heterocycles. The molecule has 2 bridgehead atoms. The molecule has 0 spiro atoms. The van der Waals surface area contributed by atoms with Gasteiger partial charge in [0.25, 0.3) is 0 Å². The molecule has 214 valence electrons. The zero-order valence-electron chi connectivity index (χ0n) is 24.6. The predicted octanol–water partition coefficient (Wildman–Crippen LogP) is 5.24. The van der Waals surface area contributed by atoms with E-state index < -0.39 is 24.8 Å². The largest absolute Gasteiger partial charge is 0.482 e. The molecule has 0 radical (unpaired) electrons. The monoisotopic (exact) mass is 540 g/mol. The number of ether oxygens (including phenoxy) is 2. The highest BCUT2D eigenvalue weighted by Gasteiger charge is 2.68. The summed E-state index contributed by atoms with van der Waals surface area (Å²) in [5.41, 5.74) is 0.376. The SMILES string of the molecule is C[C@@H]1CCN(C(=O)OC(C)(C)C)[C@@H]1COC(=O)N[C@@H](Cc1ccccc1)B1O[C@@H]2C[C@@H]3C[C@@H](C3(C)C)[C@]2(C)O1. The van der Waals surface area contributed by atoms with E-state index >= 15 is 0 Å². The van der Waals surface area contributed by atoms with Crippen molar-refractivity contribution in [3.63, 3.8) is 0 Å². The molecule has 6 rings (SSSR count). The molecule has 2 saturated heterocycles. The van der Waals surface area contributed by atoms with Gasteiger partial charge in [0.15, 0.2) is 0 Å². The second kappa shape index (κ2) is 10.3. The molecular formula is C30H45BN2O6. The van der Waals surface area contributed by atoms with Gasteiger partial charge in [0, 0.05) is 6.54 Å². The van der Waals surface area contributed by atoms with Gasteiger partial charge in [0.2, 0.25) is 0 Å². The highest BCUT2D eigenvalue weighted by atomic mass is 16.7. The minimum absolute atomic E-state index is 0.0251. The molecule has 2 heterocycles. The molecule has 2 amide bonds. The van der Waals surface area contributed by atoms with Crippen LogP contribution in [-0.4, -0.2) is 66.6 Å². The van der Waals surface area contributed by atoms with Crippen molar-refractivity contribution in [3.05, 3.63) is 35.9 Å². The van der Waals surface area contributed by atoms with Crippen LogP contribution in [0.4, 0.5) is 9.59 Å². The van der Waals surface area contributed by atoms with Gasteiger partial charge >= 0.3 is 19.3 Å². The fourth-order valence-electron chi connectivity index (χ4n) is 7.32. The van der Waals surface area contributed by atoms with Crippen LogP contribution in [0.15, 0.2) is 30.3 Å². The summed E-state index contributed by atoms with van der Waals surface area (Å²) in [7, 11) is -0.563.